The number of carbonyl (C=O) groups is 2. The minimum absolute atomic E-state index is 0.00316. The van der Waals surface area contributed by atoms with E-state index in [1.54, 1.807) is 24.3 Å². The van der Waals surface area contributed by atoms with E-state index in [0.29, 0.717) is 5.69 Å². The van der Waals surface area contributed by atoms with Gasteiger partial charge in [0.25, 0.3) is 5.91 Å². The standard InChI is InChI=1S/C16H11F3INO4/c17-16(18,19)25-13-7-1-10(2-8-13)15(23)24-9-14(22)21-12-5-3-11(20)4-6-12/h1-8H,9H2,(H,21,22). The van der Waals surface area contributed by atoms with E-state index in [1.165, 1.54) is 0 Å². The highest BCUT2D eigenvalue weighted by Gasteiger charge is 2.31. The SMILES string of the molecule is O=C(COC(=O)c1ccc(OC(F)(F)F)cc1)Nc1ccc(I)cc1. The van der Waals surface area contributed by atoms with Crippen molar-refractivity contribution in [2.75, 3.05) is 11.9 Å². The second-order valence-electron chi connectivity index (χ2n) is 4.70. The second kappa shape index (κ2) is 8.19. The van der Waals surface area contributed by atoms with E-state index in [0.717, 1.165) is 27.8 Å². The molecule has 0 spiro atoms. The highest BCUT2D eigenvalue weighted by molar-refractivity contribution is 14.1. The number of halogens is 4. The largest absolute Gasteiger partial charge is 0.573 e. The molecule has 0 heterocycles. The van der Waals surface area contributed by atoms with Crippen LogP contribution in [0, 0.1) is 3.57 Å². The monoisotopic (exact) mass is 465 g/mol. The normalized spacial score (nSPS) is 10.9. The van der Waals surface area contributed by atoms with Crippen LogP contribution in [0.5, 0.6) is 5.75 Å². The number of nitrogens with one attached hydrogen (secondary N) is 1. The summed E-state index contributed by atoms with van der Waals surface area (Å²) < 4.78 is 45.7. The first kappa shape index (κ1) is 19.0. The van der Waals surface area contributed by atoms with Crippen molar-refractivity contribution in [3.63, 3.8) is 0 Å². The predicted octanol–water partition coefficient (Wildman–Crippen LogP) is 3.99. The molecule has 2 aromatic rings. The molecule has 0 saturated heterocycles. The third-order valence-electron chi connectivity index (χ3n) is 2.79. The lowest BCUT2D eigenvalue weighted by Crippen LogP contribution is -2.21. The molecule has 2 rings (SSSR count). The van der Waals surface area contributed by atoms with Gasteiger partial charge in [0.2, 0.25) is 0 Å². The molecule has 0 aliphatic carbocycles. The lowest BCUT2D eigenvalue weighted by Gasteiger charge is -2.09. The second-order valence-corrected chi connectivity index (χ2v) is 5.95. The van der Waals surface area contributed by atoms with E-state index in [2.05, 4.69) is 32.6 Å². The Balaban J connectivity index is 1.85. The molecular weight excluding hydrogens is 454 g/mol. The zero-order valence-electron chi connectivity index (χ0n) is 12.5. The van der Waals surface area contributed by atoms with Gasteiger partial charge in [-0.15, -0.1) is 13.2 Å². The van der Waals surface area contributed by atoms with E-state index >= 15 is 0 Å². The van der Waals surface area contributed by atoms with Crippen LogP contribution in [0.3, 0.4) is 0 Å². The Kier molecular flexibility index (Phi) is 6.23. The fraction of sp³-hybridized carbons (Fsp3) is 0.125. The Morgan fingerprint density at radius 3 is 2.16 bits per heavy atom. The van der Waals surface area contributed by atoms with E-state index in [4.69, 9.17) is 4.74 Å². The quantitative estimate of drug-likeness (QED) is 0.536. The Hall–Kier alpha value is -2.30. The number of ether oxygens (including phenoxy) is 2. The summed E-state index contributed by atoms with van der Waals surface area (Å²) in [6.45, 7) is -0.522. The zero-order chi connectivity index (χ0) is 18.4. The number of carbonyl (C=O) groups excluding carboxylic acids is 2. The number of hydrogen-bond acceptors (Lipinski definition) is 4. The van der Waals surface area contributed by atoms with Gasteiger partial charge in [-0.05, 0) is 71.1 Å². The van der Waals surface area contributed by atoms with Gasteiger partial charge in [0.05, 0.1) is 5.56 Å². The van der Waals surface area contributed by atoms with Crippen molar-refractivity contribution in [1.29, 1.82) is 0 Å². The summed E-state index contributed by atoms with van der Waals surface area (Å²) in [7, 11) is 0. The molecule has 1 N–H and O–H groups in total. The number of alkyl halides is 3. The molecule has 5 nitrogen and oxygen atoms in total. The predicted molar refractivity (Wildman–Crippen MR) is 91.2 cm³/mol. The van der Waals surface area contributed by atoms with Crippen LogP contribution < -0.4 is 10.1 Å². The number of esters is 1. The van der Waals surface area contributed by atoms with E-state index in [-0.39, 0.29) is 5.56 Å². The molecule has 1 amide bonds. The zero-order valence-corrected chi connectivity index (χ0v) is 14.6. The maximum Gasteiger partial charge on any atom is 0.573 e. The van der Waals surface area contributed by atoms with E-state index in [1.807, 2.05) is 0 Å². The van der Waals surface area contributed by atoms with Gasteiger partial charge in [0.1, 0.15) is 5.75 Å². The topological polar surface area (TPSA) is 64.6 Å². The van der Waals surface area contributed by atoms with Crippen molar-refractivity contribution in [2.24, 2.45) is 0 Å². The summed E-state index contributed by atoms with van der Waals surface area (Å²) in [6.07, 6.45) is -4.81. The number of anilines is 1. The van der Waals surface area contributed by atoms with Crippen LogP contribution in [0.2, 0.25) is 0 Å². The molecule has 0 unspecified atom stereocenters. The van der Waals surface area contributed by atoms with Crippen molar-refractivity contribution < 1.29 is 32.2 Å². The first-order chi connectivity index (χ1) is 11.7. The van der Waals surface area contributed by atoms with Gasteiger partial charge in [-0.2, -0.15) is 0 Å². The smallest absolute Gasteiger partial charge is 0.452 e. The van der Waals surface area contributed by atoms with Crippen LogP contribution >= 0.6 is 22.6 Å². The van der Waals surface area contributed by atoms with Crippen LogP contribution in [0.1, 0.15) is 10.4 Å². The van der Waals surface area contributed by atoms with Gasteiger partial charge in [0, 0.05) is 9.26 Å². The van der Waals surface area contributed by atoms with Crippen LogP contribution in [-0.4, -0.2) is 24.8 Å². The molecule has 0 bridgehead atoms. The highest BCUT2D eigenvalue weighted by Crippen LogP contribution is 2.22. The minimum atomic E-state index is -4.81. The van der Waals surface area contributed by atoms with Gasteiger partial charge in [-0.1, -0.05) is 0 Å². The summed E-state index contributed by atoms with van der Waals surface area (Å²) in [6, 6.07) is 11.2. The van der Waals surface area contributed by atoms with Crippen LogP contribution in [-0.2, 0) is 9.53 Å². The molecule has 0 saturated carbocycles. The van der Waals surface area contributed by atoms with Gasteiger partial charge >= 0.3 is 12.3 Å². The lowest BCUT2D eigenvalue weighted by atomic mass is 10.2. The third-order valence-corrected chi connectivity index (χ3v) is 3.51. The summed E-state index contributed by atoms with van der Waals surface area (Å²) in [5, 5.41) is 2.55. The molecule has 132 valence electrons. The molecule has 0 aromatic heterocycles. The first-order valence-electron chi connectivity index (χ1n) is 6.81. The molecule has 0 aliphatic heterocycles. The Labute approximate surface area is 154 Å². The van der Waals surface area contributed by atoms with E-state index < -0.39 is 30.6 Å². The van der Waals surface area contributed by atoms with Crippen molar-refractivity contribution in [2.45, 2.75) is 6.36 Å². The van der Waals surface area contributed by atoms with Crippen LogP contribution in [0.25, 0.3) is 0 Å². The molecule has 0 radical (unpaired) electrons. The van der Waals surface area contributed by atoms with Crippen molar-refractivity contribution in [3.05, 3.63) is 57.7 Å². The maximum absolute atomic E-state index is 12.1. The lowest BCUT2D eigenvalue weighted by molar-refractivity contribution is -0.274. The molecule has 25 heavy (non-hydrogen) atoms. The highest BCUT2D eigenvalue weighted by atomic mass is 127. The Morgan fingerprint density at radius 1 is 1.00 bits per heavy atom. The van der Waals surface area contributed by atoms with Gasteiger partial charge in [-0.3, -0.25) is 4.79 Å². The van der Waals surface area contributed by atoms with Crippen LogP contribution in [0.15, 0.2) is 48.5 Å². The number of benzene rings is 2. The average Bonchev–Trinajstić information content (AvgIpc) is 2.54. The maximum atomic E-state index is 12.1. The van der Waals surface area contributed by atoms with Gasteiger partial charge < -0.3 is 14.8 Å². The van der Waals surface area contributed by atoms with E-state index in [9.17, 15) is 22.8 Å². The molecular formula is C16H11F3INO4. The van der Waals surface area contributed by atoms with Gasteiger partial charge in [0.15, 0.2) is 6.61 Å². The van der Waals surface area contributed by atoms with Gasteiger partial charge in [-0.25, -0.2) is 4.79 Å². The summed E-state index contributed by atoms with van der Waals surface area (Å²) in [5.74, 6) is -1.83. The number of rotatable bonds is 5. The molecule has 2 aromatic carbocycles. The van der Waals surface area contributed by atoms with Crippen LogP contribution in [0.4, 0.5) is 18.9 Å². The summed E-state index contributed by atoms with van der Waals surface area (Å²) in [5.41, 5.74) is 0.548. The third kappa shape index (κ3) is 6.61. The van der Waals surface area contributed by atoms with Crippen molar-refractivity contribution >= 4 is 40.2 Å². The first-order valence-corrected chi connectivity index (χ1v) is 7.89. The Bertz CT molecular complexity index is 745. The fourth-order valence-corrected chi connectivity index (χ4v) is 2.10. The summed E-state index contributed by atoms with van der Waals surface area (Å²) in [4.78, 5) is 23.5. The Morgan fingerprint density at radius 2 is 1.60 bits per heavy atom. The molecule has 9 heteroatoms. The molecule has 0 atom stereocenters. The van der Waals surface area contributed by atoms with Crippen molar-refractivity contribution in [3.8, 4) is 5.75 Å². The average molecular weight is 465 g/mol. The minimum Gasteiger partial charge on any atom is -0.452 e. The fourth-order valence-electron chi connectivity index (χ4n) is 1.74. The summed E-state index contributed by atoms with van der Waals surface area (Å²) >= 11 is 2.12. The number of amides is 1. The molecule has 0 aliphatic rings. The van der Waals surface area contributed by atoms with Crippen molar-refractivity contribution in [1.82, 2.24) is 0 Å². The molecule has 0 fully saturated rings. The number of hydrogen-bond donors (Lipinski definition) is 1.